The molecule has 0 heterocycles. The third-order valence-corrected chi connectivity index (χ3v) is 4.56. The van der Waals surface area contributed by atoms with Gasteiger partial charge in [-0.15, -0.1) is 0 Å². The molecule has 0 aromatic carbocycles. The van der Waals surface area contributed by atoms with Crippen LogP contribution in [0.15, 0.2) is 0 Å². The van der Waals surface area contributed by atoms with E-state index in [0.717, 1.165) is 12.8 Å². The third kappa shape index (κ3) is 4.39. The molecule has 20 heavy (non-hydrogen) atoms. The maximum absolute atomic E-state index is 12.2. The molecule has 2 N–H and O–H groups in total. The SMILES string of the molecule is CC(N(C)C(=O)NC1CCC(C(=O)O)CC1)C(C)(C)C. The summed E-state index contributed by atoms with van der Waals surface area (Å²) in [6, 6.07) is 0.178. The minimum Gasteiger partial charge on any atom is -0.481 e. The van der Waals surface area contributed by atoms with Crippen LogP contribution >= 0.6 is 0 Å². The Morgan fingerprint density at radius 2 is 1.70 bits per heavy atom. The molecule has 0 aromatic rings. The summed E-state index contributed by atoms with van der Waals surface area (Å²) in [5.74, 6) is -0.956. The highest BCUT2D eigenvalue weighted by molar-refractivity contribution is 5.74. The Kier molecular flexibility index (Phi) is 5.42. The summed E-state index contributed by atoms with van der Waals surface area (Å²) in [7, 11) is 1.81. The zero-order valence-electron chi connectivity index (χ0n) is 13.3. The normalized spacial score (nSPS) is 24.9. The molecule has 116 valence electrons. The van der Waals surface area contributed by atoms with Gasteiger partial charge in [-0.3, -0.25) is 4.79 Å². The second kappa shape index (κ2) is 6.46. The fourth-order valence-corrected chi connectivity index (χ4v) is 2.52. The lowest BCUT2D eigenvalue weighted by atomic mass is 9.86. The van der Waals surface area contributed by atoms with Crippen LogP contribution in [0.4, 0.5) is 4.79 Å². The lowest BCUT2D eigenvalue weighted by Crippen LogP contribution is -2.50. The molecule has 1 atom stereocenters. The average molecular weight is 284 g/mol. The first kappa shape index (κ1) is 16.8. The van der Waals surface area contributed by atoms with Crippen LogP contribution in [0, 0.1) is 11.3 Å². The quantitative estimate of drug-likeness (QED) is 0.837. The van der Waals surface area contributed by atoms with E-state index in [0.29, 0.717) is 12.8 Å². The summed E-state index contributed by atoms with van der Waals surface area (Å²) < 4.78 is 0. The number of carboxylic acid groups (broad SMARTS) is 1. The van der Waals surface area contributed by atoms with Crippen LogP contribution in [-0.4, -0.2) is 41.1 Å². The highest BCUT2D eigenvalue weighted by Crippen LogP contribution is 2.26. The van der Waals surface area contributed by atoms with E-state index in [-0.39, 0.29) is 29.4 Å². The van der Waals surface area contributed by atoms with Gasteiger partial charge < -0.3 is 15.3 Å². The van der Waals surface area contributed by atoms with Crippen LogP contribution in [-0.2, 0) is 4.79 Å². The van der Waals surface area contributed by atoms with Crippen LogP contribution in [0.1, 0.15) is 53.4 Å². The fourth-order valence-electron chi connectivity index (χ4n) is 2.52. The number of nitrogens with one attached hydrogen (secondary N) is 1. The molecule has 1 aliphatic carbocycles. The van der Waals surface area contributed by atoms with Gasteiger partial charge in [0, 0.05) is 19.1 Å². The second-order valence-electron chi connectivity index (χ2n) is 6.99. The molecule has 1 fully saturated rings. The Morgan fingerprint density at radius 3 is 2.10 bits per heavy atom. The molecule has 1 aliphatic rings. The average Bonchev–Trinajstić information content (AvgIpc) is 2.36. The predicted molar refractivity (Wildman–Crippen MR) is 78.6 cm³/mol. The van der Waals surface area contributed by atoms with E-state index in [2.05, 4.69) is 26.1 Å². The van der Waals surface area contributed by atoms with Crippen molar-refractivity contribution in [2.24, 2.45) is 11.3 Å². The number of rotatable bonds is 3. The van der Waals surface area contributed by atoms with Crippen molar-refractivity contribution < 1.29 is 14.7 Å². The van der Waals surface area contributed by atoms with Crippen LogP contribution in [0.2, 0.25) is 0 Å². The minimum atomic E-state index is -0.715. The lowest BCUT2D eigenvalue weighted by Gasteiger charge is -2.37. The number of hydrogen-bond donors (Lipinski definition) is 2. The molecule has 1 rings (SSSR count). The topological polar surface area (TPSA) is 69.6 Å². The molecule has 0 bridgehead atoms. The molecule has 5 nitrogen and oxygen atoms in total. The van der Waals surface area contributed by atoms with Gasteiger partial charge in [0.25, 0.3) is 0 Å². The Bertz CT molecular complexity index is 355. The van der Waals surface area contributed by atoms with Crippen LogP contribution in [0.25, 0.3) is 0 Å². The van der Waals surface area contributed by atoms with Gasteiger partial charge in [-0.2, -0.15) is 0 Å². The zero-order chi connectivity index (χ0) is 15.5. The van der Waals surface area contributed by atoms with Gasteiger partial charge in [-0.05, 0) is 38.0 Å². The molecular weight excluding hydrogens is 256 g/mol. The van der Waals surface area contributed by atoms with E-state index < -0.39 is 5.97 Å². The van der Waals surface area contributed by atoms with Gasteiger partial charge in [0.05, 0.1) is 5.92 Å². The number of carbonyl (C=O) groups excluding carboxylic acids is 1. The number of nitrogens with zero attached hydrogens (tertiary/aromatic N) is 1. The molecule has 0 aliphatic heterocycles. The standard InChI is InChI=1S/C15H28N2O3/c1-10(15(2,3)4)17(5)14(20)16-12-8-6-11(7-9-12)13(18)19/h10-12H,6-9H2,1-5H3,(H,16,20)(H,18,19). The Hall–Kier alpha value is -1.26. The van der Waals surface area contributed by atoms with Gasteiger partial charge in [-0.1, -0.05) is 20.8 Å². The first-order valence-electron chi connectivity index (χ1n) is 7.39. The summed E-state index contributed by atoms with van der Waals surface area (Å²) in [6.07, 6.45) is 2.80. The molecule has 0 spiro atoms. The number of hydrogen-bond acceptors (Lipinski definition) is 2. The van der Waals surface area contributed by atoms with Crippen molar-refractivity contribution in [1.29, 1.82) is 0 Å². The third-order valence-electron chi connectivity index (χ3n) is 4.56. The van der Waals surface area contributed by atoms with Crippen molar-refractivity contribution in [1.82, 2.24) is 10.2 Å². The summed E-state index contributed by atoms with van der Waals surface area (Å²) in [5.41, 5.74) is 0.0348. The highest BCUT2D eigenvalue weighted by atomic mass is 16.4. The van der Waals surface area contributed by atoms with Crippen LogP contribution in [0.3, 0.4) is 0 Å². The monoisotopic (exact) mass is 284 g/mol. The molecular formula is C15H28N2O3. The van der Waals surface area contributed by atoms with E-state index in [9.17, 15) is 9.59 Å². The van der Waals surface area contributed by atoms with Crippen molar-refractivity contribution in [3.8, 4) is 0 Å². The lowest BCUT2D eigenvalue weighted by molar-refractivity contribution is -0.142. The Morgan fingerprint density at radius 1 is 1.20 bits per heavy atom. The molecule has 2 amide bonds. The van der Waals surface area contributed by atoms with E-state index >= 15 is 0 Å². The molecule has 0 radical (unpaired) electrons. The van der Waals surface area contributed by atoms with Gasteiger partial charge in [0.1, 0.15) is 0 Å². The molecule has 5 heteroatoms. The number of urea groups is 1. The summed E-state index contributed by atoms with van der Waals surface area (Å²) in [5, 5.41) is 12.0. The van der Waals surface area contributed by atoms with Crippen molar-refractivity contribution in [2.45, 2.75) is 65.5 Å². The van der Waals surface area contributed by atoms with E-state index in [1.54, 1.807) is 4.90 Å². The first-order chi connectivity index (χ1) is 9.12. The smallest absolute Gasteiger partial charge is 0.317 e. The fraction of sp³-hybridized carbons (Fsp3) is 0.867. The Balaban J connectivity index is 2.46. The molecule has 1 saturated carbocycles. The first-order valence-corrected chi connectivity index (χ1v) is 7.39. The summed E-state index contributed by atoms with van der Waals surface area (Å²) in [4.78, 5) is 24.8. The number of carbonyl (C=O) groups is 2. The molecule has 1 unspecified atom stereocenters. The predicted octanol–water partition coefficient (Wildman–Crippen LogP) is 2.71. The largest absolute Gasteiger partial charge is 0.481 e. The van der Waals surface area contributed by atoms with E-state index in [4.69, 9.17) is 5.11 Å². The van der Waals surface area contributed by atoms with Crippen LogP contribution < -0.4 is 5.32 Å². The van der Waals surface area contributed by atoms with Gasteiger partial charge in [0.2, 0.25) is 0 Å². The maximum Gasteiger partial charge on any atom is 0.317 e. The van der Waals surface area contributed by atoms with E-state index in [1.807, 2.05) is 14.0 Å². The summed E-state index contributed by atoms with van der Waals surface area (Å²) in [6.45, 7) is 8.37. The van der Waals surface area contributed by atoms with Crippen molar-refractivity contribution in [3.05, 3.63) is 0 Å². The van der Waals surface area contributed by atoms with Gasteiger partial charge >= 0.3 is 12.0 Å². The van der Waals surface area contributed by atoms with Crippen molar-refractivity contribution in [3.63, 3.8) is 0 Å². The van der Waals surface area contributed by atoms with E-state index in [1.165, 1.54) is 0 Å². The number of aliphatic carboxylic acids is 1. The second-order valence-corrected chi connectivity index (χ2v) is 6.99. The number of carboxylic acids is 1. The van der Waals surface area contributed by atoms with Crippen molar-refractivity contribution in [2.75, 3.05) is 7.05 Å². The molecule has 0 saturated heterocycles. The highest BCUT2D eigenvalue weighted by Gasteiger charge is 2.30. The van der Waals surface area contributed by atoms with Crippen molar-refractivity contribution >= 4 is 12.0 Å². The van der Waals surface area contributed by atoms with Crippen LogP contribution in [0.5, 0.6) is 0 Å². The van der Waals surface area contributed by atoms with Gasteiger partial charge in [0.15, 0.2) is 0 Å². The zero-order valence-corrected chi connectivity index (χ0v) is 13.3. The Labute approximate surface area is 121 Å². The minimum absolute atomic E-state index is 0.0348. The number of amides is 2. The maximum atomic E-state index is 12.2. The summed E-state index contributed by atoms with van der Waals surface area (Å²) >= 11 is 0. The van der Waals surface area contributed by atoms with Gasteiger partial charge in [-0.25, -0.2) is 4.79 Å². The molecule has 0 aromatic heterocycles.